The summed E-state index contributed by atoms with van der Waals surface area (Å²) in [5, 5.41) is 2.90. The van der Waals surface area contributed by atoms with Gasteiger partial charge in [-0.15, -0.1) is 0 Å². The van der Waals surface area contributed by atoms with Gasteiger partial charge in [-0.3, -0.25) is 14.3 Å². The molecule has 0 bridgehead atoms. The second-order valence-corrected chi connectivity index (χ2v) is 12.0. The first-order valence-corrected chi connectivity index (χ1v) is 15.4. The van der Waals surface area contributed by atoms with Crippen LogP contribution in [0.15, 0.2) is 102 Å². The molecule has 43 heavy (non-hydrogen) atoms. The van der Waals surface area contributed by atoms with E-state index in [1.807, 2.05) is 56.3 Å². The summed E-state index contributed by atoms with van der Waals surface area (Å²) in [6.07, 6.45) is -0.211. The second kappa shape index (κ2) is 13.0. The molecule has 1 heterocycles. The molecule has 2 amide bonds. The number of hydrogen-bond acceptors (Lipinski definition) is 6. The van der Waals surface area contributed by atoms with Crippen LogP contribution in [0.25, 0.3) is 0 Å². The SMILES string of the molecule is Cc1ccc(C)c(NS(=O)(=O)c2ccc(OCC(=O)N3C[C@@H](C(=O)NCCc4ccccc4)Oc4ccccc43)cc2)c1. The highest BCUT2D eigenvalue weighted by Crippen LogP contribution is 2.33. The highest BCUT2D eigenvalue weighted by molar-refractivity contribution is 7.92. The number of ether oxygens (including phenoxy) is 2. The Kier molecular flexibility index (Phi) is 8.96. The molecule has 0 spiro atoms. The largest absolute Gasteiger partial charge is 0.484 e. The van der Waals surface area contributed by atoms with E-state index < -0.39 is 16.1 Å². The number of hydrogen-bond donors (Lipinski definition) is 2. The molecule has 1 aliphatic rings. The molecule has 4 aromatic rings. The molecule has 0 fully saturated rings. The van der Waals surface area contributed by atoms with E-state index in [2.05, 4.69) is 10.0 Å². The molecule has 0 radical (unpaired) electrons. The number of sulfonamides is 1. The predicted molar refractivity (Wildman–Crippen MR) is 165 cm³/mol. The number of anilines is 2. The van der Waals surface area contributed by atoms with Crippen molar-refractivity contribution < 1.29 is 27.5 Å². The first-order chi connectivity index (χ1) is 20.7. The smallest absolute Gasteiger partial charge is 0.265 e. The van der Waals surface area contributed by atoms with Gasteiger partial charge < -0.3 is 19.7 Å². The van der Waals surface area contributed by atoms with Crippen LogP contribution in [0.2, 0.25) is 0 Å². The molecular weight excluding hydrogens is 566 g/mol. The van der Waals surface area contributed by atoms with Crippen molar-refractivity contribution in [3.05, 3.63) is 114 Å². The zero-order valence-electron chi connectivity index (χ0n) is 23.9. The minimum Gasteiger partial charge on any atom is -0.484 e. The average molecular weight is 600 g/mol. The standard InChI is InChI=1S/C33H33N3O6S/c1-23-12-13-24(2)28(20-23)35-43(39,40)27-16-14-26(15-17-27)41-22-32(37)36-21-31(42-30-11-7-6-10-29(30)36)33(38)34-19-18-25-8-4-3-5-9-25/h3-17,20,31,35H,18-19,21-22H2,1-2H3,(H,34,38)/t31-/m0/s1. The van der Waals surface area contributed by atoms with E-state index in [-0.39, 0.29) is 29.9 Å². The van der Waals surface area contributed by atoms with E-state index in [1.165, 1.54) is 29.2 Å². The zero-order valence-corrected chi connectivity index (χ0v) is 24.8. The Morgan fingerprint density at radius 1 is 0.930 bits per heavy atom. The van der Waals surface area contributed by atoms with Gasteiger partial charge in [0.2, 0.25) is 0 Å². The lowest BCUT2D eigenvalue weighted by Gasteiger charge is -2.34. The van der Waals surface area contributed by atoms with Crippen molar-refractivity contribution in [1.29, 1.82) is 0 Å². The number of fused-ring (bicyclic) bond motifs is 1. The van der Waals surface area contributed by atoms with Crippen molar-refractivity contribution in [2.75, 3.05) is 29.3 Å². The van der Waals surface area contributed by atoms with Crippen molar-refractivity contribution >= 4 is 33.2 Å². The lowest BCUT2D eigenvalue weighted by Crippen LogP contribution is -2.52. The summed E-state index contributed by atoms with van der Waals surface area (Å²) >= 11 is 0. The Labute approximate surface area is 251 Å². The Bertz CT molecular complexity index is 1710. The summed E-state index contributed by atoms with van der Waals surface area (Å²) in [7, 11) is -3.82. The number of carbonyl (C=O) groups is 2. The third-order valence-corrected chi connectivity index (χ3v) is 8.44. The average Bonchev–Trinajstić information content (AvgIpc) is 3.01. The van der Waals surface area contributed by atoms with E-state index in [1.54, 1.807) is 30.3 Å². The molecule has 0 saturated heterocycles. The molecule has 5 rings (SSSR count). The lowest BCUT2D eigenvalue weighted by atomic mass is 10.1. The Hall–Kier alpha value is -4.83. The fourth-order valence-electron chi connectivity index (χ4n) is 4.68. The maximum absolute atomic E-state index is 13.3. The third kappa shape index (κ3) is 7.34. The number of aryl methyl sites for hydroxylation is 2. The van der Waals surface area contributed by atoms with Gasteiger partial charge in [0, 0.05) is 6.54 Å². The van der Waals surface area contributed by atoms with Gasteiger partial charge in [-0.2, -0.15) is 0 Å². The minimum atomic E-state index is -3.82. The molecule has 0 unspecified atom stereocenters. The van der Waals surface area contributed by atoms with Gasteiger partial charge in [0.1, 0.15) is 11.5 Å². The topological polar surface area (TPSA) is 114 Å². The molecule has 222 valence electrons. The molecular formula is C33H33N3O6S. The normalized spacial score (nSPS) is 14.3. The molecule has 0 saturated carbocycles. The minimum absolute atomic E-state index is 0.0254. The Morgan fingerprint density at radius 3 is 2.42 bits per heavy atom. The van der Waals surface area contributed by atoms with Crippen LogP contribution in [0.4, 0.5) is 11.4 Å². The van der Waals surface area contributed by atoms with Gasteiger partial charge in [-0.05, 0) is 79.4 Å². The molecule has 0 aliphatic carbocycles. The van der Waals surface area contributed by atoms with Crippen LogP contribution in [-0.4, -0.2) is 46.0 Å². The van der Waals surface area contributed by atoms with Crippen molar-refractivity contribution in [2.45, 2.75) is 31.3 Å². The maximum Gasteiger partial charge on any atom is 0.265 e. The van der Waals surface area contributed by atoms with Crippen LogP contribution in [0.5, 0.6) is 11.5 Å². The molecule has 2 N–H and O–H groups in total. The van der Waals surface area contributed by atoms with E-state index in [4.69, 9.17) is 9.47 Å². The molecule has 10 heteroatoms. The van der Waals surface area contributed by atoms with E-state index in [0.29, 0.717) is 35.8 Å². The van der Waals surface area contributed by atoms with Crippen LogP contribution in [0.1, 0.15) is 16.7 Å². The number of amides is 2. The van der Waals surface area contributed by atoms with Crippen molar-refractivity contribution in [3.8, 4) is 11.5 Å². The number of para-hydroxylation sites is 2. The molecule has 4 aromatic carbocycles. The van der Waals surface area contributed by atoms with E-state index >= 15 is 0 Å². The van der Waals surface area contributed by atoms with Crippen LogP contribution in [0, 0.1) is 13.8 Å². The van der Waals surface area contributed by atoms with Gasteiger partial charge >= 0.3 is 0 Å². The van der Waals surface area contributed by atoms with Gasteiger partial charge in [0.15, 0.2) is 12.7 Å². The lowest BCUT2D eigenvalue weighted by molar-refractivity contribution is -0.128. The number of rotatable bonds is 10. The van der Waals surface area contributed by atoms with Crippen LogP contribution < -0.4 is 24.4 Å². The van der Waals surface area contributed by atoms with E-state index in [9.17, 15) is 18.0 Å². The van der Waals surface area contributed by atoms with Crippen LogP contribution in [-0.2, 0) is 26.0 Å². The summed E-state index contributed by atoms with van der Waals surface area (Å²) < 4.78 is 40.1. The van der Waals surface area contributed by atoms with Crippen molar-refractivity contribution in [3.63, 3.8) is 0 Å². The van der Waals surface area contributed by atoms with Gasteiger partial charge in [0.25, 0.3) is 21.8 Å². The Morgan fingerprint density at radius 2 is 1.65 bits per heavy atom. The predicted octanol–water partition coefficient (Wildman–Crippen LogP) is 4.64. The summed E-state index contributed by atoms with van der Waals surface area (Å²) in [5.41, 5.74) is 3.91. The molecule has 1 aliphatic heterocycles. The van der Waals surface area contributed by atoms with Gasteiger partial charge in [-0.1, -0.05) is 54.6 Å². The summed E-state index contributed by atoms with van der Waals surface area (Å²) in [5.74, 6) is 0.0774. The summed E-state index contributed by atoms with van der Waals surface area (Å²) in [6.45, 7) is 3.87. The monoisotopic (exact) mass is 599 g/mol. The maximum atomic E-state index is 13.3. The number of nitrogens with one attached hydrogen (secondary N) is 2. The van der Waals surface area contributed by atoms with E-state index in [0.717, 1.165) is 16.7 Å². The Balaban J connectivity index is 1.20. The van der Waals surface area contributed by atoms with Crippen LogP contribution in [0.3, 0.4) is 0 Å². The highest BCUT2D eigenvalue weighted by atomic mass is 32.2. The van der Waals surface area contributed by atoms with Crippen molar-refractivity contribution in [1.82, 2.24) is 5.32 Å². The number of nitrogens with zero attached hydrogens (tertiary/aromatic N) is 1. The fraction of sp³-hybridized carbons (Fsp3) is 0.212. The first kappa shape index (κ1) is 29.7. The highest BCUT2D eigenvalue weighted by Gasteiger charge is 2.33. The van der Waals surface area contributed by atoms with Gasteiger partial charge in [0.05, 0.1) is 22.8 Å². The zero-order chi connectivity index (χ0) is 30.4. The fourth-order valence-corrected chi connectivity index (χ4v) is 5.80. The number of benzene rings is 4. The first-order valence-electron chi connectivity index (χ1n) is 13.9. The molecule has 1 atom stereocenters. The quantitative estimate of drug-likeness (QED) is 0.275. The third-order valence-electron chi connectivity index (χ3n) is 7.06. The molecule has 0 aromatic heterocycles. The van der Waals surface area contributed by atoms with Crippen molar-refractivity contribution in [2.24, 2.45) is 0 Å². The summed E-state index contributed by atoms with van der Waals surface area (Å²) in [6, 6.07) is 28.3. The second-order valence-electron chi connectivity index (χ2n) is 10.3. The van der Waals surface area contributed by atoms with Crippen LogP contribution >= 0.6 is 0 Å². The number of carbonyl (C=O) groups excluding carboxylic acids is 2. The summed E-state index contributed by atoms with van der Waals surface area (Å²) in [4.78, 5) is 27.8. The molecule has 9 nitrogen and oxygen atoms in total. The van der Waals surface area contributed by atoms with Gasteiger partial charge in [-0.25, -0.2) is 8.42 Å².